The molecule has 0 radical (unpaired) electrons. The third-order valence-electron chi connectivity index (χ3n) is 4.28. The number of carbonyl (C=O) groups excluding carboxylic acids is 1. The van der Waals surface area contributed by atoms with Crippen molar-refractivity contribution in [2.45, 2.75) is 38.1 Å². The van der Waals surface area contributed by atoms with E-state index in [0.717, 1.165) is 24.9 Å². The number of amides is 2. The van der Waals surface area contributed by atoms with Crippen molar-refractivity contribution >= 4 is 23.3 Å². The molecule has 0 bridgehead atoms. The number of urea groups is 1. The van der Waals surface area contributed by atoms with Gasteiger partial charge in [0.15, 0.2) is 0 Å². The van der Waals surface area contributed by atoms with Crippen molar-refractivity contribution in [3.63, 3.8) is 0 Å². The van der Waals surface area contributed by atoms with E-state index in [1.54, 1.807) is 24.3 Å². The standard InChI is InChI=1S/C15H22ClN3O/c1-11-4-2-3-9-15(11,10-17)19-14(20)18-13-7-5-12(16)6-8-13/h5-8,11H,2-4,9-10,17H2,1H3,(H2,18,19,20). The smallest absolute Gasteiger partial charge is 0.319 e. The van der Waals surface area contributed by atoms with Crippen molar-refractivity contribution < 1.29 is 4.79 Å². The normalized spacial score (nSPS) is 26.1. The molecule has 1 saturated carbocycles. The Kier molecular flexibility index (Phi) is 4.89. The highest BCUT2D eigenvalue weighted by atomic mass is 35.5. The lowest BCUT2D eigenvalue weighted by atomic mass is 9.73. The van der Waals surface area contributed by atoms with Crippen molar-refractivity contribution in [2.24, 2.45) is 11.7 Å². The zero-order chi connectivity index (χ0) is 14.6. The predicted molar refractivity (Wildman–Crippen MR) is 83.0 cm³/mol. The number of nitrogens with one attached hydrogen (secondary N) is 2. The molecule has 1 fully saturated rings. The molecule has 20 heavy (non-hydrogen) atoms. The van der Waals surface area contributed by atoms with E-state index < -0.39 is 0 Å². The molecule has 1 aliphatic rings. The lowest BCUT2D eigenvalue weighted by Crippen LogP contribution is -2.60. The van der Waals surface area contributed by atoms with Gasteiger partial charge in [0.2, 0.25) is 0 Å². The maximum Gasteiger partial charge on any atom is 0.319 e. The lowest BCUT2D eigenvalue weighted by molar-refractivity contribution is 0.166. The van der Waals surface area contributed by atoms with Gasteiger partial charge in [0.1, 0.15) is 0 Å². The highest BCUT2D eigenvalue weighted by molar-refractivity contribution is 6.30. The minimum absolute atomic E-state index is 0.202. The largest absolute Gasteiger partial charge is 0.331 e. The molecule has 1 aromatic carbocycles. The summed E-state index contributed by atoms with van der Waals surface area (Å²) in [6, 6.07) is 6.85. The van der Waals surface area contributed by atoms with E-state index in [9.17, 15) is 4.79 Å². The van der Waals surface area contributed by atoms with Crippen LogP contribution in [0.4, 0.5) is 10.5 Å². The Hall–Kier alpha value is -1.26. The second-order valence-corrected chi connectivity index (χ2v) is 6.03. The van der Waals surface area contributed by atoms with Gasteiger partial charge in [-0.2, -0.15) is 0 Å². The number of benzene rings is 1. The number of nitrogens with two attached hydrogens (primary N) is 1. The summed E-state index contributed by atoms with van der Waals surface area (Å²) >= 11 is 5.82. The molecule has 2 amide bonds. The summed E-state index contributed by atoms with van der Waals surface area (Å²) in [5.74, 6) is 0.400. The highest BCUT2D eigenvalue weighted by Crippen LogP contribution is 2.32. The lowest BCUT2D eigenvalue weighted by Gasteiger charge is -2.42. The van der Waals surface area contributed by atoms with Crippen LogP contribution in [0.25, 0.3) is 0 Å². The van der Waals surface area contributed by atoms with Crippen molar-refractivity contribution in [1.29, 1.82) is 0 Å². The molecule has 0 spiro atoms. The fraction of sp³-hybridized carbons (Fsp3) is 0.533. The Balaban J connectivity index is 2.00. The summed E-state index contributed by atoms with van der Waals surface area (Å²) in [5, 5.41) is 6.57. The molecule has 1 aliphatic carbocycles. The van der Waals surface area contributed by atoms with Crippen LogP contribution in [-0.2, 0) is 0 Å². The second-order valence-electron chi connectivity index (χ2n) is 5.59. The molecule has 5 heteroatoms. The molecule has 110 valence electrons. The van der Waals surface area contributed by atoms with Crippen LogP contribution in [0.5, 0.6) is 0 Å². The first-order valence-electron chi connectivity index (χ1n) is 7.10. The Bertz CT molecular complexity index is 463. The Morgan fingerprint density at radius 1 is 1.40 bits per heavy atom. The number of anilines is 1. The monoisotopic (exact) mass is 295 g/mol. The van der Waals surface area contributed by atoms with Gasteiger partial charge in [0, 0.05) is 17.3 Å². The topological polar surface area (TPSA) is 67.1 Å². The van der Waals surface area contributed by atoms with Gasteiger partial charge in [-0.15, -0.1) is 0 Å². The van der Waals surface area contributed by atoms with Gasteiger partial charge < -0.3 is 16.4 Å². The number of rotatable bonds is 3. The molecular weight excluding hydrogens is 274 g/mol. The Morgan fingerprint density at radius 3 is 2.70 bits per heavy atom. The van der Waals surface area contributed by atoms with Gasteiger partial charge >= 0.3 is 6.03 Å². The van der Waals surface area contributed by atoms with Crippen LogP contribution in [-0.4, -0.2) is 18.1 Å². The Morgan fingerprint density at radius 2 is 2.10 bits per heavy atom. The number of hydrogen-bond acceptors (Lipinski definition) is 2. The third-order valence-corrected chi connectivity index (χ3v) is 4.53. The first-order chi connectivity index (χ1) is 9.55. The second kappa shape index (κ2) is 6.46. The molecule has 4 N–H and O–H groups in total. The maximum atomic E-state index is 12.2. The van der Waals surface area contributed by atoms with E-state index in [1.807, 2.05) is 0 Å². The van der Waals surface area contributed by atoms with Gasteiger partial charge in [-0.3, -0.25) is 0 Å². The van der Waals surface area contributed by atoms with Gasteiger partial charge in [0.25, 0.3) is 0 Å². The molecule has 0 saturated heterocycles. The van der Waals surface area contributed by atoms with Crippen LogP contribution in [0, 0.1) is 5.92 Å². The first kappa shape index (κ1) is 15.1. The quantitative estimate of drug-likeness (QED) is 0.800. The number of halogens is 1. The molecule has 0 heterocycles. The summed E-state index contributed by atoms with van der Waals surface area (Å²) in [7, 11) is 0. The van der Waals surface area contributed by atoms with Gasteiger partial charge in [0.05, 0.1) is 5.54 Å². The fourth-order valence-electron chi connectivity index (χ4n) is 2.88. The molecule has 2 rings (SSSR count). The zero-order valence-corrected chi connectivity index (χ0v) is 12.5. The van der Waals surface area contributed by atoms with Gasteiger partial charge in [-0.25, -0.2) is 4.79 Å². The summed E-state index contributed by atoms with van der Waals surface area (Å²) < 4.78 is 0. The molecular formula is C15H22ClN3O. The minimum atomic E-state index is -0.283. The molecule has 2 unspecified atom stereocenters. The van der Waals surface area contributed by atoms with E-state index in [1.165, 1.54) is 6.42 Å². The predicted octanol–water partition coefficient (Wildman–Crippen LogP) is 3.37. The van der Waals surface area contributed by atoms with E-state index >= 15 is 0 Å². The molecule has 2 atom stereocenters. The molecule has 0 aliphatic heterocycles. The average molecular weight is 296 g/mol. The minimum Gasteiger partial charge on any atom is -0.331 e. The number of carbonyl (C=O) groups is 1. The van der Waals surface area contributed by atoms with Crippen LogP contribution in [0.1, 0.15) is 32.6 Å². The van der Waals surface area contributed by atoms with Crippen LogP contribution < -0.4 is 16.4 Å². The zero-order valence-electron chi connectivity index (χ0n) is 11.8. The SMILES string of the molecule is CC1CCCCC1(CN)NC(=O)Nc1ccc(Cl)cc1. The van der Waals surface area contributed by atoms with Crippen LogP contribution in [0.3, 0.4) is 0 Å². The Labute approximate surface area is 125 Å². The van der Waals surface area contributed by atoms with Crippen molar-refractivity contribution in [1.82, 2.24) is 5.32 Å². The van der Waals surface area contributed by atoms with Crippen LogP contribution >= 0.6 is 11.6 Å². The van der Waals surface area contributed by atoms with Crippen molar-refractivity contribution in [2.75, 3.05) is 11.9 Å². The van der Waals surface area contributed by atoms with E-state index in [-0.39, 0.29) is 11.6 Å². The van der Waals surface area contributed by atoms with Crippen LogP contribution in [0.15, 0.2) is 24.3 Å². The average Bonchev–Trinajstić information content (AvgIpc) is 2.44. The fourth-order valence-corrected chi connectivity index (χ4v) is 3.00. The van der Waals surface area contributed by atoms with Crippen molar-refractivity contribution in [3.8, 4) is 0 Å². The van der Waals surface area contributed by atoms with Crippen molar-refractivity contribution in [3.05, 3.63) is 29.3 Å². The molecule has 0 aromatic heterocycles. The van der Waals surface area contributed by atoms with Crippen LogP contribution in [0.2, 0.25) is 5.02 Å². The van der Waals surface area contributed by atoms with Gasteiger partial charge in [-0.05, 0) is 43.0 Å². The summed E-state index contributed by atoms with van der Waals surface area (Å²) in [6.07, 6.45) is 4.38. The third kappa shape index (κ3) is 3.44. The van der Waals surface area contributed by atoms with E-state index in [4.69, 9.17) is 17.3 Å². The summed E-state index contributed by atoms with van der Waals surface area (Å²) in [5.41, 5.74) is 6.37. The summed E-state index contributed by atoms with van der Waals surface area (Å²) in [4.78, 5) is 12.2. The van der Waals surface area contributed by atoms with E-state index in [0.29, 0.717) is 17.5 Å². The number of hydrogen-bond donors (Lipinski definition) is 3. The van der Waals surface area contributed by atoms with E-state index in [2.05, 4.69) is 17.6 Å². The molecule has 4 nitrogen and oxygen atoms in total. The maximum absolute atomic E-state index is 12.2. The van der Waals surface area contributed by atoms with Gasteiger partial charge in [-0.1, -0.05) is 31.4 Å². The first-order valence-corrected chi connectivity index (χ1v) is 7.48. The summed E-state index contributed by atoms with van der Waals surface area (Å²) in [6.45, 7) is 2.64. The molecule has 1 aromatic rings. The highest BCUT2D eigenvalue weighted by Gasteiger charge is 2.38.